The highest BCUT2D eigenvalue weighted by Gasteiger charge is 2.12. The Kier molecular flexibility index (Phi) is 5.45. The number of carbonyl (C=O) groups is 1. The molecule has 0 radical (unpaired) electrons. The van der Waals surface area contributed by atoms with Crippen LogP contribution < -0.4 is 10.2 Å². The van der Waals surface area contributed by atoms with Crippen LogP contribution in [0.25, 0.3) is 0 Å². The van der Waals surface area contributed by atoms with Crippen LogP contribution in [0, 0.1) is 17.0 Å². The average molecular weight is 329 g/mol. The van der Waals surface area contributed by atoms with Crippen LogP contribution in [0.1, 0.15) is 11.1 Å². The first-order chi connectivity index (χ1) is 11.5. The molecule has 0 fully saturated rings. The first-order valence-corrected chi connectivity index (χ1v) is 6.94. The number of hydrogen-bond acceptors (Lipinski definition) is 6. The van der Waals surface area contributed by atoms with Crippen LogP contribution in [0.2, 0.25) is 0 Å². The summed E-state index contributed by atoms with van der Waals surface area (Å²) in [6.45, 7) is 1.74. The van der Waals surface area contributed by atoms with E-state index < -0.39 is 22.3 Å². The number of carbonyl (C=O) groups excluding carboxylic acids is 1. The monoisotopic (exact) mass is 329 g/mol. The lowest BCUT2D eigenvalue weighted by atomic mass is 10.2. The Morgan fingerprint density at radius 1 is 1.33 bits per heavy atom. The highest BCUT2D eigenvalue weighted by atomic mass is 16.6. The molecule has 0 saturated carbocycles. The Balaban J connectivity index is 1.84. The summed E-state index contributed by atoms with van der Waals surface area (Å²) in [4.78, 5) is 21.5. The standard InChI is InChI=1S/C16H15N3O5/c1-11-2-5-13(6-3-11)24-10-16(21)18-17-9-12-4-7-14(19(22)23)15(20)8-12/h2-9,20H,10H2,1H3,(H,18,21)/b17-9-. The lowest BCUT2D eigenvalue weighted by molar-refractivity contribution is -0.385. The van der Waals surface area contributed by atoms with Gasteiger partial charge in [-0.1, -0.05) is 17.7 Å². The molecule has 124 valence electrons. The summed E-state index contributed by atoms with van der Waals surface area (Å²) in [5.41, 5.74) is 3.35. The molecule has 0 aromatic heterocycles. The summed E-state index contributed by atoms with van der Waals surface area (Å²) in [6, 6.07) is 11.0. The van der Waals surface area contributed by atoms with Crippen LogP contribution in [0.3, 0.4) is 0 Å². The average Bonchev–Trinajstić information content (AvgIpc) is 2.54. The topological polar surface area (TPSA) is 114 Å². The molecular weight excluding hydrogens is 314 g/mol. The molecule has 0 heterocycles. The van der Waals surface area contributed by atoms with Gasteiger partial charge in [0, 0.05) is 6.07 Å². The van der Waals surface area contributed by atoms with Gasteiger partial charge in [-0.15, -0.1) is 0 Å². The second kappa shape index (κ2) is 7.73. The van der Waals surface area contributed by atoms with Crippen molar-refractivity contribution in [3.05, 3.63) is 63.7 Å². The molecular formula is C16H15N3O5. The third kappa shape index (κ3) is 4.80. The molecule has 0 aliphatic rings. The highest BCUT2D eigenvalue weighted by molar-refractivity contribution is 5.83. The van der Waals surface area contributed by atoms with Crippen molar-refractivity contribution in [2.45, 2.75) is 6.92 Å². The minimum Gasteiger partial charge on any atom is -0.502 e. The smallest absolute Gasteiger partial charge is 0.310 e. The van der Waals surface area contributed by atoms with E-state index in [-0.39, 0.29) is 6.61 Å². The Bertz CT molecular complexity index is 772. The fraction of sp³-hybridized carbons (Fsp3) is 0.125. The Labute approximate surface area is 137 Å². The third-order valence-electron chi connectivity index (χ3n) is 2.99. The molecule has 2 aromatic rings. The first-order valence-electron chi connectivity index (χ1n) is 6.94. The van der Waals surface area contributed by atoms with Gasteiger partial charge < -0.3 is 9.84 Å². The second-order valence-corrected chi connectivity index (χ2v) is 4.90. The summed E-state index contributed by atoms with van der Waals surface area (Å²) in [5.74, 6) is -0.365. The molecule has 2 N–H and O–H groups in total. The molecule has 0 aliphatic heterocycles. The normalized spacial score (nSPS) is 10.5. The number of aromatic hydroxyl groups is 1. The van der Waals surface area contributed by atoms with Crippen LogP contribution >= 0.6 is 0 Å². The van der Waals surface area contributed by atoms with Crippen LogP contribution in [-0.2, 0) is 4.79 Å². The molecule has 8 nitrogen and oxygen atoms in total. The SMILES string of the molecule is Cc1ccc(OCC(=O)N/N=C\c2ccc([N+](=O)[O-])c(O)c2)cc1. The van der Waals surface area contributed by atoms with Crippen molar-refractivity contribution >= 4 is 17.8 Å². The van der Waals surface area contributed by atoms with E-state index in [2.05, 4.69) is 10.5 Å². The maximum atomic E-state index is 11.6. The van der Waals surface area contributed by atoms with Gasteiger partial charge >= 0.3 is 5.69 Å². The Morgan fingerprint density at radius 2 is 2.04 bits per heavy atom. The summed E-state index contributed by atoms with van der Waals surface area (Å²) in [6.07, 6.45) is 1.26. The van der Waals surface area contributed by atoms with Crippen molar-refractivity contribution in [2.75, 3.05) is 6.61 Å². The van der Waals surface area contributed by atoms with Crippen molar-refractivity contribution in [3.63, 3.8) is 0 Å². The van der Waals surface area contributed by atoms with Crippen LogP contribution in [0.15, 0.2) is 47.6 Å². The van der Waals surface area contributed by atoms with E-state index in [1.807, 2.05) is 19.1 Å². The van der Waals surface area contributed by atoms with Crippen molar-refractivity contribution in [1.29, 1.82) is 0 Å². The third-order valence-corrected chi connectivity index (χ3v) is 2.99. The zero-order valence-electron chi connectivity index (χ0n) is 12.8. The number of phenols is 1. The van der Waals surface area contributed by atoms with Gasteiger partial charge in [0.15, 0.2) is 12.4 Å². The number of benzene rings is 2. The molecule has 0 bridgehead atoms. The second-order valence-electron chi connectivity index (χ2n) is 4.90. The molecule has 0 atom stereocenters. The molecule has 8 heteroatoms. The minimum atomic E-state index is -0.694. The zero-order chi connectivity index (χ0) is 17.5. The molecule has 2 aromatic carbocycles. The van der Waals surface area contributed by atoms with E-state index in [0.29, 0.717) is 11.3 Å². The number of nitrogens with zero attached hydrogens (tertiary/aromatic N) is 2. The van der Waals surface area contributed by atoms with E-state index in [9.17, 15) is 20.0 Å². The predicted octanol–water partition coefficient (Wildman–Crippen LogP) is 2.14. The number of amides is 1. The van der Waals surface area contributed by atoms with Crippen LogP contribution in [0.4, 0.5) is 5.69 Å². The Hall–Kier alpha value is -3.42. The van der Waals surface area contributed by atoms with Gasteiger partial charge in [0.1, 0.15) is 5.75 Å². The van der Waals surface area contributed by atoms with Gasteiger partial charge in [0.25, 0.3) is 5.91 Å². The fourth-order valence-electron chi connectivity index (χ4n) is 1.77. The predicted molar refractivity (Wildman–Crippen MR) is 87.2 cm³/mol. The zero-order valence-corrected chi connectivity index (χ0v) is 12.8. The van der Waals surface area contributed by atoms with E-state index in [1.54, 1.807) is 12.1 Å². The van der Waals surface area contributed by atoms with Gasteiger partial charge in [0.2, 0.25) is 0 Å². The van der Waals surface area contributed by atoms with Crippen molar-refractivity contribution in [2.24, 2.45) is 5.10 Å². The van der Waals surface area contributed by atoms with Crippen molar-refractivity contribution < 1.29 is 19.6 Å². The molecule has 0 aliphatic carbocycles. The molecule has 1 amide bonds. The number of ether oxygens (including phenoxy) is 1. The number of nitrogens with one attached hydrogen (secondary N) is 1. The number of phenolic OH excluding ortho intramolecular Hbond substituents is 1. The summed E-state index contributed by atoms with van der Waals surface area (Å²) < 4.78 is 5.29. The van der Waals surface area contributed by atoms with Crippen molar-refractivity contribution in [3.8, 4) is 11.5 Å². The van der Waals surface area contributed by atoms with Gasteiger partial charge in [-0.3, -0.25) is 14.9 Å². The minimum absolute atomic E-state index is 0.202. The van der Waals surface area contributed by atoms with Gasteiger partial charge in [-0.05, 0) is 36.8 Å². The van der Waals surface area contributed by atoms with Crippen LogP contribution in [-0.4, -0.2) is 28.8 Å². The number of hydrazone groups is 1. The fourth-order valence-corrected chi connectivity index (χ4v) is 1.77. The molecule has 0 unspecified atom stereocenters. The number of aryl methyl sites for hydroxylation is 1. The largest absolute Gasteiger partial charge is 0.502 e. The lowest BCUT2D eigenvalue weighted by Crippen LogP contribution is -2.24. The Morgan fingerprint density at radius 3 is 2.67 bits per heavy atom. The number of nitro groups is 1. The maximum Gasteiger partial charge on any atom is 0.310 e. The van der Waals surface area contributed by atoms with Gasteiger partial charge in [-0.2, -0.15) is 5.10 Å². The van der Waals surface area contributed by atoms with E-state index in [4.69, 9.17) is 4.74 Å². The van der Waals surface area contributed by atoms with Crippen LogP contribution in [0.5, 0.6) is 11.5 Å². The molecule has 24 heavy (non-hydrogen) atoms. The maximum absolute atomic E-state index is 11.6. The molecule has 2 rings (SSSR count). The van der Waals surface area contributed by atoms with Gasteiger partial charge in [0.05, 0.1) is 11.1 Å². The van der Waals surface area contributed by atoms with E-state index in [1.165, 1.54) is 18.3 Å². The quantitative estimate of drug-likeness (QED) is 0.479. The number of nitro benzene ring substituents is 1. The number of rotatable bonds is 6. The van der Waals surface area contributed by atoms with Crippen molar-refractivity contribution in [1.82, 2.24) is 5.43 Å². The summed E-state index contributed by atoms with van der Waals surface area (Å²) in [7, 11) is 0. The summed E-state index contributed by atoms with van der Waals surface area (Å²) >= 11 is 0. The van der Waals surface area contributed by atoms with E-state index in [0.717, 1.165) is 11.6 Å². The number of hydrogen-bond donors (Lipinski definition) is 2. The van der Waals surface area contributed by atoms with Gasteiger partial charge in [-0.25, -0.2) is 5.43 Å². The first kappa shape index (κ1) is 16.9. The summed E-state index contributed by atoms with van der Waals surface area (Å²) in [5, 5.41) is 23.8. The lowest BCUT2D eigenvalue weighted by Gasteiger charge is -2.05. The van der Waals surface area contributed by atoms with E-state index >= 15 is 0 Å². The molecule has 0 saturated heterocycles. The molecule has 0 spiro atoms. The highest BCUT2D eigenvalue weighted by Crippen LogP contribution is 2.25.